The third-order valence-corrected chi connectivity index (χ3v) is 3.38. The lowest BCUT2D eigenvalue weighted by atomic mass is 9.88. The number of aliphatic hydroxyl groups is 1. The molecule has 3 unspecified atom stereocenters. The van der Waals surface area contributed by atoms with E-state index in [1.165, 1.54) is 12.1 Å². The predicted molar refractivity (Wildman–Crippen MR) is 61.5 cm³/mol. The second-order valence-corrected chi connectivity index (χ2v) is 4.78. The maximum Gasteiger partial charge on any atom is 0.164 e. The van der Waals surface area contributed by atoms with Crippen molar-refractivity contribution in [1.29, 1.82) is 0 Å². The van der Waals surface area contributed by atoms with Gasteiger partial charge < -0.3 is 10.4 Å². The number of piperidine rings is 1. The molecule has 2 nitrogen and oxygen atoms in total. The molecule has 2 N–H and O–H groups in total. The Kier molecular flexibility index (Phi) is 3.74. The molecule has 0 saturated carbocycles. The zero-order valence-corrected chi connectivity index (χ0v) is 9.79. The van der Waals surface area contributed by atoms with Gasteiger partial charge in [0, 0.05) is 11.6 Å². The van der Waals surface area contributed by atoms with E-state index >= 15 is 0 Å². The highest BCUT2D eigenvalue weighted by atomic mass is 19.2. The van der Waals surface area contributed by atoms with Crippen molar-refractivity contribution in [3.8, 4) is 0 Å². The molecule has 4 heteroatoms. The number of rotatable bonds is 2. The lowest BCUT2D eigenvalue weighted by Crippen LogP contribution is -2.41. The summed E-state index contributed by atoms with van der Waals surface area (Å²) in [6.07, 6.45) is 0.833. The van der Waals surface area contributed by atoms with Crippen molar-refractivity contribution >= 4 is 0 Å². The topological polar surface area (TPSA) is 32.3 Å². The summed E-state index contributed by atoms with van der Waals surface area (Å²) in [4.78, 5) is 0. The predicted octanol–water partition coefficient (Wildman–Crippen LogP) is 2.39. The van der Waals surface area contributed by atoms with E-state index in [-0.39, 0.29) is 11.6 Å². The molecule has 0 radical (unpaired) electrons. The lowest BCUT2D eigenvalue weighted by molar-refractivity contribution is 0.0975. The van der Waals surface area contributed by atoms with Crippen LogP contribution in [0.25, 0.3) is 0 Å². The Labute approximate surface area is 99.7 Å². The number of aliphatic hydroxyl groups excluding tert-OH is 1. The summed E-state index contributed by atoms with van der Waals surface area (Å²) in [5, 5.41) is 13.3. The van der Waals surface area contributed by atoms with Crippen LogP contribution in [0.1, 0.15) is 31.4 Å². The molecule has 0 aromatic heterocycles. The van der Waals surface area contributed by atoms with Crippen LogP contribution in [0, 0.1) is 17.6 Å². The van der Waals surface area contributed by atoms with E-state index in [4.69, 9.17) is 0 Å². The summed E-state index contributed by atoms with van der Waals surface area (Å²) in [7, 11) is 0. The molecule has 0 bridgehead atoms. The zero-order chi connectivity index (χ0) is 12.4. The van der Waals surface area contributed by atoms with Crippen LogP contribution in [0.4, 0.5) is 8.78 Å². The van der Waals surface area contributed by atoms with Crippen LogP contribution in [-0.4, -0.2) is 17.7 Å². The second-order valence-electron chi connectivity index (χ2n) is 4.78. The van der Waals surface area contributed by atoms with Crippen LogP contribution in [0.3, 0.4) is 0 Å². The molecule has 1 aliphatic heterocycles. The molecular weight excluding hydrogens is 224 g/mol. The highest BCUT2D eigenvalue weighted by Gasteiger charge is 2.28. The smallest absolute Gasteiger partial charge is 0.164 e. The van der Waals surface area contributed by atoms with Gasteiger partial charge in [-0.05, 0) is 31.4 Å². The third kappa shape index (κ3) is 2.64. The van der Waals surface area contributed by atoms with Crippen molar-refractivity contribution < 1.29 is 13.9 Å². The summed E-state index contributed by atoms with van der Waals surface area (Å²) < 4.78 is 26.6. The van der Waals surface area contributed by atoms with Crippen molar-refractivity contribution in [3.05, 3.63) is 35.4 Å². The van der Waals surface area contributed by atoms with E-state index in [1.54, 1.807) is 0 Å². The minimum absolute atomic E-state index is 0.0385. The Morgan fingerprint density at radius 1 is 1.41 bits per heavy atom. The summed E-state index contributed by atoms with van der Waals surface area (Å²) >= 11 is 0. The minimum atomic E-state index is -0.992. The zero-order valence-electron chi connectivity index (χ0n) is 9.79. The van der Waals surface area contributed by atoms with E-state index in [9.17, 15) is 13.9 Å². The number of hydrogen-bond acceptors (Lipinski definition) is 2. The van der Waals surface area contributed by atoms with E-state index in [1.807, 2.05) is 0 Å². The van der Waals surface area contributed by atoms with Gasteiger partial charge in [-0.2, -0.15) is 0 Å². The second kappa shape index (κ2) is 5.10. The average Bonchev–Trinajstić information content (AvgIpc) is 2.32. The summed E-state index contributed by atoms with van der Waals surface area (Å²) in [6.45, 7) is 2.91. The number of halogens is 2. The summed E-state index contributed by atoms with van der Waals surface area (Å²) in [6, 6.07) is 3.71. The maximum atomic E-state index is 13.5. The van der Waals surface area contributed by atoms with Gasteiger partial charge in [-0.25, -0.2) is 8.78 Å². The molecule has 1 aliphatic rings. The molecule has 17 heavy (non-hydrogen) atoms. The standard InChI is InChI=1S/C13H17F2NO/c1-8-5-6-16-11(7-8)13(17)9-3-2-4-10(14)12(9)15/h2-4,8,11,13,16-17H,5-7H2,1H3. The molecule has 1 aromatic rings. The Hall–Kier alpha value is -1.00. The normalized spacial score (nSPS) is 26.8. The third-order valence-electron chi connectivity index (χ3n) is 3.38. The quantitative estimate of drug-likeness (QED) is 0.833. The highest BCUT2D eigenvalue weighted by Crippen LogP contribution is 2.28. The molecular formula is C13H17F2NO. The lowest BCUT2D eigenvalue weighted by Gasteiger charge is -2.32. The molecule has 1 aromatic carbocycles. The van der Waals surface area contributed by atoms with Crippen LogP contribution in [0.15, 0.2) is 18.2 Å². The van der Waals surface area contributed by atoms with Gasteiger partial charge in [0.2, 0.25) is 0 Å². The van der Waals surface area contributed by atoms with Crippen molar-refractivity contribution in [2.75, 3.05) is 6.54 Å². The van der Waals surface area contributed by atoms with E-state index < -0.39 is 17.7 Å². The van der Waals surface area contributed by atoms with Gasteiger partial charge in [-0.15, -0.1) is 0 Å². The first-order valence-electron chi connectivity index (χ1n) is 5.95. The van der Waals surface area contributed by atoms with Crippen LogP contribution < -0.4 is 5.32 Å². The van der Waals surface area contributed by atoms with Gasteiger partial charge >= 0.3 is 0 Å². The molecule has 1 heterocycles. The van der Waals surface area contributed by atoms with Gasteiger partial charge in [0.15, 0.2) is 11.6 Å². The molecule has 0 spiro atoms. The van der Waals surface area contributed by atoms with E-state index in [2.05, 4.69) is 12.2 Å². The van der Waals surface area contributed by atoms with Crippen LogP contribution in [-0.2, 0) is 0 Å². The molecule has 94 valence electrons. The fourth-order valence-corrected chi connectivity index (χ4v) is 2.36. The Morgan fingerprint density at radius 2 is 2.18 bits per heavy atom. The van der Waals surface area contributed by atoms with Crippen LogP contribution in [0.2, 0.25) is 0 Å². The first kappa shape index (κ1) is 12.5. The van der Waals surface area contributed by atoms with Gasteiger partial charge in [0.25, 0.3) is 0 Å². The number of benzene rings is 1. The first-order chi connectivity index (χ1) is 8.09. The summed E-state index contributed by atoms with van der Waals surface area (Å²) in [5.74, 6) is -1.36. The minimum Gasteiger partial charge on any atom is -0.387 e. The summed E-state index contributed by atoms with van der Waals surface area (Å²) in [5.41, 5.74) is 0.0385. The van der Waals surface area contributed by atoms with Gasteiger partial charge in [-0.1, -0.05) is 19.1 Å². The van der Waals surface area contributed by atoms with Gasteiger partial charge in [0.05, 0.1) is 6.10 Å². The monoisotopic (exact) mass is 241 g/mol. The SMILES string of the molecule is CC1CCNC(C(O)c2cccc(F)c2F)C1. The van der Waals surface area contributed by atoms with Crippen molar-refractivity contribution in [3.63, 3.8) is 0 Å². The molecule has 1 saturated heterocycles. The van der Waals surface area contributed by atoms with Crippen molar-refractivity contribution in [1.82, 2.24) is 5.32 Å². The molecule has 0 amide bonds. The van der Waals surface area contributed by atoms with E-state index in [0.29, 0.717) is 5.92 Å². The first-order valence-corrected chi connectivity index (χ1v) is 5.95. The van der Waals surface area contributed by atoms with Crippen molar-refractivity contribution in [2.45, 2.75) is 31.9 Å². The molecule has 1 fully saturated rings. The van der Waals surface area contributed by atoms with Gasteiger partial charge in [-0.3, -0.25) is 0 Å². The molecule has 3 atom stereocenters. The van der Waals surface area contributed by atoms with Crippen LogP contribution in [0.5, 0.6) is 0 Å². The van der Waals surface area contributed by atoms with Crippen molar-refractivity contribution in [2.24, 2.45) is 5.92 Å². The highest BCUT2D eigenvalue weighted by molar-refractivity contribution is 5.22. The van der Waals surface area contributed by atoms with Crippen LogP contribution >= 0.6 is 0 Å². The largest absolute Gasteiger partial charge is 0.387 e. The maximum absolute atomic E-state index is 13.5. The Bertz CT molecular complexity index is 397. The number of hydrogen-bond donors (Lipinski definition) is 2. The average molecular weight is 241 g/mol. The fourth-order valence-electron chi connectivity index (χ4n) is 2.36. The van der Waals surface area contributed by atoms with Gasteiger partial charge in [0.1, 0.15) is 0 Å². The Balaban J connectivity index is 2.18. The molecule has 2 rings (SSSR count). The molecule has 0 aliphatic carbocycles. The van der Waals surface area contributed by atoms with E-state index in [0.717, 1.165) is 25.5 Å². The number of nitrogens with one attached hydrogen (secondary N) is 1. The Morgan fingerprint density at radius 3 is 2.88 bits per heavy atom. The fraction of sp³-hybridized carbons (Fsp3) is 0.538.